The van der Waals surface area contributed by atoms with Crippen LogP contribution >= 0.6 is 15.9 Å². The monoisotopic (exact) mass is 299 g/mol. The Balaban J connectivity index is 2.40. The molecule has 17 heavy (non-hydrogen) atoms. The molecule has 5 heteroatoms. The molecule has 1 heterocycles. The SMILES string of the molecule is COc1ccc2c(c1)NC(=O)C(Br)(C(C)C)O2. The molecular weight excluding hydrogens is 286 g/mol. The number of ether oxygens (including phenoxy) is 2. The molecule has 0 radical (unpaired) electrons. The number of hydrogen-bond donors (Lipinski definition) is 1. The summed E-state index contributed by atoms with van der Waals surface area (Å²) < 4.78 is 9.83. The zero-order chi connectivity index (χ0) is 12.6. The van der Waals surface area contributed by atoms with Gasteiger partial charge < -0.3 is 14.8 Å². The van der Waals surface area contributed by atoms with E-state index in [1.807, 2.05) is 13.8 Å². The molecular formula is C12H14BrNO3. The van der Waals surface area contributed by atoms with Gasteiger partial charge in [0.25, 0.3) is 5.91 Å². The summed E-state index contributed by atoms with van der Waals surface area (Å²) in [4.78, 5) is 12.0. The molecule has 0 saturated heterocycles. The highest BCUT2D eigenvalue weighted by molar-refractivity contribution is 9.10. The van der Waals surface area contributed by atoms with Crippen molar-refractivity contribution < 1.29 is 14.3 Å². The molecule has 0 aromatic heterocycles. The fraction of sp³-hybridized carbons (Fsp3) is 0.417. The van der Waals surface area contributed by atoms with E-state index in [4.69, 9.17) is 9.47 Å². The first kappa shape index (κ1) is 12.2. The lowest BCUT2D eigenvalue weighted by atomic mass is 10.0. The van der Waals surface area contributed by atoms with Crippen molar-refractivity contribution in [3.63, 3.8) is 0 Å². The Morgan fingerprint density at radius 1 is 1.47 bits per heavy atom. The zero-order valence-electron chi connectivity index (χ0n) is 9.91. The number of methoxy groups -OCH3 is 1. The van der Waals surface area contributed by atoms with Gasteiger partial charge in [-0.25, -0.2) is 0 Å². The molecule has 1 N–H and O–H groups in total. The molecule has 1 unspecified atom stereocenters. The second kappa shape index (κ2) is 4.22. The number of nitrogens with one attached hydrogen (secondary N) is 1. The van der Waals surface area contributed by atoms with Crippen LogP contribution in [0.4, 0.5) is 5.69 Å². The topological polar surface area (TPSA) is 47.6 Å². The Morgan fingerprint density at radius 2 is 2.18 bits per heavy atom. The van der Waals surface area contributed by atoms with E-state index in [0.717, 1.165) is 0 Å². The number of anilines is 1. The van der Waals surface area contributed by atoms with Gasteiger partial charge in [-0.05, 0) is 28.1 Å². The van der Waals surface area contributed by atoms with E-state index in [1.165, 1.54) is 0 Å². The number of hydrogen-bond acceptors (Lipinski definition) is 3. The van der Waals surface area contributed by atoms with E-state index >= 15 is 0 Å². The van der Waals surface area contributed by atoms with Crippen LogP contribution in [0.1, 0.15) is 13.8 Å². The van der Waals surface area contributed by atoms with Crippen molar-refractivity contribution in [2.24, 2.45) is 5.92 Å². The fourth-order valence-electron chi connectivity index (χ4n) is 1.62. The molecule has 92 valence electrons. The van der Waals surface area contributed by atoms with E-state index < -0.39 is 4.51 Å². The lowest BCUT2D eigenvalue weighted by Gasteiger charge is -2.35. The van der Waals surface area contributed by atoms with Crippen LogP contribution in [0, 0.1) is 5.92 Å². The molecule has 0 saturated carbocycles. The first-order valence-corrected chi connectivity index (χ1v) is 6.14. The standard InChI is InChI=1S/C12H14BrNO3/c1-7(2)12(13)11(15)14-9-6-8(16-3)4-5-10(9)17-12/h4-7H,1-3H3,(H,14,15). The van der Waals surface area contributed by atoms with Gasteiger partial charge in [0.2, 0.25) is 4.51 Å². The van der Waals surface area contributed by atoms with Gasteiger partial charge in [0, 0.05) is 12.0 Å². The maximum Gasteiger partial charge on any atom is 0.280 e. The summed E-state index contributed by atoms with van der Waals surface area (Å²) in [7, 11) is 1.58. The quantitative estimate of drug-likeness (QED) is 0.854. The van der Waals surface area contributed by atoms with Crippen molar-refractivity contribution in [2.45, 2.75) is 18.4 Å². The third-order valence-corrected chi connectivity index (χ3v) is 4.18. The minimum atomic E-state index is -1.01. The van der Waals surface area contributed by atoms with Crippen LogP contribution in [0.5, 0.6) is 11.5 Å². The van der Waals surface area contributed by atoms with E-state index in [-0.39, 0.29) is 11.8 Å². The van der Waals surface area contributed by atoms with E-state index in [9.17, 15) is 4.79 Å². The smallest absolute Gasteiger partial charge is 0.280 e. The molecule has 4 nitrogen and oxygen atoms in total. The second-order valence-electron chi connectivity index (χ2n) is 4.22. The minimum absolute atomic E-state index is 0.0118. The van der Waals surface area contributed by atoms with Crippen LogP contribution in [-0.2, 0) is 4.79 Å². The predicted octanol–water partition coefficient (Wildman–Crippen LogP) is 2.77. The number of fused-ring (bicyclic) bond motifs is 1. The number of amides is 1. The van der Waals surface area contributed by atoms with Gasteiger partial charge in [-0.15, -0.1) is 0 Å². The molecule has 0 bridgehead atoms. The molecule has 1 atom stereocenters. The van der Waals surface area contributed by atoms with Crippen LogP contribution in [0.2, 0.25) is 0 Å². The lowest BCUT2D eigenvalue weighted by molar-refractivity contribution is -0.127. The van der Waals surface area contributed by atoms with Crippen LogP contribution in [0.25, 0.3) is 0 Å². The summed E-state index contributed by atoms with van der Waals surface area (Å²) >= 11 is 3.37. The van der Waals surface area contributed by atoms with Crippen molar-refractivity contribution in [2.75, 3.05) is 12.4 Å². The van der Waals surface area contributed by atoms with E-state index in [2.05, 4.69) is 21.2 Å². The minimum Gasteiger partial charge on any atom is -0.497 e. The number of benzene rings is 1. The van der Waals surface area contributed by atoms with Crippen LogP contribution < -0.4 is 14.8 Å². The number of carbonyl (C=O) groups is 1. The molecule has 1 aliphatic rings. The molecule has 1 aromatic rings. The van der Waals surface area contributed by atoms with Crippen molar-refractivity contribution in [3.05, 3.63) is 18.2 Å². The number of rotatable bonds is 2. The summed E-state index contributed by atoms with van der Waals surface area (Å²) in [5, 5.41) is 2.82. The van der Waals surface area contributed by atoms with Crippen LogP contribution in [-0.4, -0.2) is 17.5 Å². The highest BCUT2D eigenvalue weighted by atomic mass is 79.9. The average molecular weight is 300 g/mol. The third-order valence-electron chi connectivity index (χ3n) is 2.75. The van der Waals surface area contributed by atoms with Crippen molar-refractivity contribution >= 4 is 27.5 Å². The van der Waals surface area contributed by atoms with Crippen molar-refractivity contribution in [1.29, 1.82) is 0 Å². The third kappa shape index (κ3) is 1.99. The summed E-state index contributed by atoms with van der Waals surface area (Å²) in [5.74, 6) is 1.13. The summed E-state index contributed by atoms with van der Waals surface area (Å²) in [5.41, 5.74) is 0.630. The Hall–Kier alpha value is -1.23. The van der Waals surface area contributed by atoms with Crippen LogP contribution in [0.3, 0.4) is 0 Å². The first-order valence-electron chi connectivity index (χ1n) is 5.35. The van der Waals surface area contributed by atoms with Gasteiger partial charge >= 0.3 is 0 Å². The maximum atomic E-state index is 12.0. The molecule has 1 aromatic carbocycles. The molecule has 0 fully saturated rings. The fourth-order valence-corrected chi connectivity index (χ4v) is 1.89. The van der Waals surface area contributed by atoms with E-state index in [1.54, 1.807) is 25.3 Å². The maximum absolute atomic E-state index is 12.0. The largest absolute Gasteiger partial charge is 0.497 e. The van der Waals surface area contributed by atoms with Gasteiger partial charge in [-0.1, -0.05) is 13.8 Å². The molecule has 0 aliphatic carbocycles. The normalized spacial score (nSPS) is 22.8. The summed E-state index contributed by atoms with van der Waals surface area (Å²) in [6.45, 7) is 3.84. The van der Waals surface area contributed by atoms with Crippen molar-refractivity contribution in [1.82, 2.24) is 0 Å². The highest BCUT2D eigenvalue weighted by Crippen LogP contribution is 2.41. The highest BCUT2D eigenvalue weighted by Gasteiger charge is 2.45. The predicted molar refractivity (Wildman–Crippen MR) is 68.7 cm³/mol. The number of carbonyl (C=O) groups excluding carboxylic acids is 1. The summed E-state index contributed by atoms with van der Waals surface area (Å²) in [6, 6.07) is 5.32. The molecule has 2 rings (SSSR count). The Kier molecular flexibility index (Phi) is 3.03. The van der Waals surface area contributed by atoms with Gasteiger partial charge in [0.15, 0.2) is 0 Å². The van der Waals surface area contributed by atoms with Crippen LogP contribution in [0.15, 0.2) is 18.2 Å². The van der Waals surface area contributed by atoms with Gasteiger partial charge in [0.05, 0.1) is 12.8 Å². The zero-order valence-corrected chi connectivity index (χ0v) is 11.5. The second-order valence-corrected chi connectivity index (χ2v) is 5.40. The molecule has 1 aliphatic heterocycles. The Bertz CT molecular complexity index is 461. The van der Waals surface area contributed by atoms with E-state index in [0.29, 0.717) is 17.2 Å². The first-order chi connectivity index (χ1) is 7.97. The summed E-state index contributed by atoms with van der Waals surface area (Å²) in [6.07, 6.45) is 0. The molecule has 0 spiro atoms. The number of alkyl halides is 1. The van der Waals surface area contributed by atoms with Gasteiger partial charge in [0.1, 0.15) is 11.5 Å². The number of halogens is 1. The molecule has 1 amide bonds. The van der Waals surface area contributed by atoms with Crippen molar-refractivity contribution in [3.8, 4) is 11.5 Å². The lowest BCUT2D eigenvalue weighted by Crippen LogP contribution is -2.49. The Labute approximate surface area is 108 Å². The average Bonchev–Trinajstić information content (AvgIpc) is 2.30. The van der Waals surface area contributed by atoms with Gasteiger partial charge in [-0.3, -0.25) is 4.79 Å². The van der Waals surface area contributed by atoms with Gasteiger partial charge in [-0.2, -0.15) is 0 Å². The Morgan fingerprint density at radius 3 is 2.76 bits per heavy atom.